The lowest BCUT2D eigenvalue weighted by atomic mass is 10.2. The van der Waals surface area contributed by atoms with Crippen LogP contribution in [0.25, 0.3) is 0 Å². The molecular formula is C11H12BrClN2O3. The average Bonchev–Trinajstić information content (AvgIpc) is 2.26. The van der Waals surface area contributed by atoms with Gasteiger partial charge in [-0.15, -0.1) is 0 Å². The molecule has 1 rings (SSSR count). The number of carbonyl (C=O) groups excluding carboxylic acids is 2. The third kappa shape index (κ3) is 3.61. The zero-order valence-electron chi connectivity index (χ0n) is 9.87. The molecule has 0 bridgehead atoms. The number of likely N-dealkylation sites (N-methyl/N-ethyl adjacent to an activating group) is 1. The van der Waals surface area contributed by atoms with Gasteiger partial charge in [0.15, 0.2) is 6.61 Å². The minimum Gasteiger partial charge on any atom is -0.482 e. The Labute approximate surface area is 118 Å². The lowest BCUT2D eigenvalue weighted by Gasteiger charge is -2.13. The maximum absolute atomic E-state index is 11.4. The molecule has 2 N–H and O–H groups in total. The van der Waals surface area contributed by atoms with Crippen molar-refractivity contribution in [2.45, 2.75) is 0 Å². The topological polar surface area (TPSA) is 72.6 Å². The van der Waals surface area contributed by atoms with E-state index in [-0.39, 0.29) is 23.8 Å². The van der Waals surface area contributed by atoms with Gasteiger partial charge >= 0.3 is 0 Å². The number of ether oxygens (including phenoxy) is 1. The molecule has 98 valence electrons. The molecular weight excluding hydrogens is 323 g/mol. The molecule has 1 aromatic rings. The molecule has 0 radical (unpaired) electrons. The van der Waals surface area contributed by atoms with E-state index in [1.54, 1.807) is 14.1 Å². The van der Waals surface area contributed by atoms with E-state index < -0.39 is 5.91 Å². The van der Waals surface area contributed by atoms with Gasteiger partial charge in [0.1, 0.15) is 5.75 Å². The summed E-state index contributed by atoms with van der Waals surface area (Å²) < 4.78 is 5.73. The quantitative estimate of drug-likeness (QED) is 0.909. The lowest BCUT2D eigenvalue weighted by molar-refractivity contribution is -0.130. The van der Waals surface area contributed by atoms with Crippen molar-refractivity contribution in [1.82, 2.24) is 4.90 Å². The Kier molecular flexibility index (Phi) is 4.98. The summed E-state index contributed by atoms with van der Waals surface area (Å²) in [5.74, 6) is -0.583. The van der Waals surface area contributed by atoms with Gasteiger partial charge in [-0.2, -0.15) is 0 Å². The average molecular weight is 336 g/mol. The number of primary amides is 1. The van der Waals surface area contributed by atoms with Crippen molar-refractivity contribution in [1.29, 1.82) is 0 Å². The molecule has 0 aliphatic rings. The van der Waals surface area contributed by atoms with Crippen molar-refractivity contribution in [3.05, 3.63) is 27.2 Å². The van der Waals surface area contributed by atoms with Crippen LogP contribution in [0.2, 0.25) is 5.02 Å². The standard InChI is InChI=1S/C11H12BrClN2O3/c1-15(2)10(16)5-18-9-3-6(11(14)17)7(12)4-8(9)13/h3-4H,5H2,1-2H3,(H2,14,17). The Morgan fingerprint density at radius 2 is 2.06 bits per heavy atom. The smallest absolute Gasteiger partial charge is 0.259 e. The second-order valence-corrected chi connectivity index (χ2v) is 4.97. The molecule has 0 aliphatic carbocycles. The first-order valence-electron chi connectivity index (χ1n) is 4.94. The molecule has 0 atom stereocenters. The van der Waals surface area contributed by atoms with Crippen LogP contribution in [0.3, 0.4) is 0 Å². The van der Waals surface area contributed by atoms with Gasteiger partial charge in [0.05, 0.1) is 10.6 Å². The number of rotatable bonds is 4. The van der Waals surface area contributed by atoms with Gasteiger partial charge in [0.2, 0.25) is 5.91 Å². The molecule has 7 heteroatoms. The van der Waals surface area contributed by atoms with Gasteiger partial charge in [-0.05, 0) is 28.1 Å². The van der Waals surface area contributed by atoms with E-state index in [0.717, 1.165) is 0 Å². The van der Waals surface area contributed by atoms with Gasteiger partial charge in [0.25, 0.3) is 5.91 Å². The second-order valence-electron chi connectivity index (χ2n) is 3.70. The normalized spacial score (nSPS) is 10.0. The van der Waals surface area contributed by atoms with Crippen LogP contribution in [0.15, 0.2) is 16.6 Å². The zero-order chi connectivity index (χ0) is 13.9. The summed E-state index contributed by atoms with van der Waals surface area (Å²) in [6.45, 7) is -0.160. The van der Waals surface area contributed by atoms with E-state index in [4.69, 9.17) is 22.1 Å². The Hall–Kier alpha value is -1.27. The highest BCUT2D eigenvalue weighted by Crippen LogP contribution is 2.31. The number of hydrogen-bond donors (Lipinski definition) is 1. The van der Waals surface area contributed by atoms with Crippen LogP contribution in [-0.4, -0.2) is 37.4 Å². The molecule has 0 heterocycles. The third-order valence-corrected chi connectivity index (χ3v) is 3.09. The van der Waals surface area contributed by atoms with Crippen molar-refractivity contribution >= 4 is 39.3 Å². The van der Waals surface area contributed by atoms with Crippen molar-refractivity contribution in [2.75, 3.05) is 20.7 Å². The Bertz CT molecular complexity index is 491. The molecule has 0 saturated heterocycles. The molecule has 0 aliphatic heterocycles. The summed E-state index contributed by atoms with van der Waals surface area (Å²) in [6, 6.07) is 2.90. The van der Waals surface area contributed by atoms with Gasteiger partial charge in [-0.1, -0.05) is 11.6 Å². The summed E-state index contributed by atoms with van der Waals surface area (Å²) in [7, 11) is 3.23. The van der Waals surface area contributed by atoms with E-state index in [2.05, 4.69) is 15.9 Å². The Morgan fingerprint density at radius 1 is 1.44 bits per heavy atom. The molecule has 5 nitrogen and oxygen atoms in total. The molecule has 0 saturated carbocycles. The Balaban J connectivity index is 2.92. The van der Waals surface area contributed by atoms with E-state index in [1.165, 1.54) is 17.0 Å². The third-order valence-electron chi connectivity index (χ3n) is 2.14. The first kappa shape index (κ1) is 14.8. The summed E-state index contributed by atoms with van der Waals surface area (Å²) >= 11 is 9.11. The fourth-order valence-corrected chi connectivity index (χ4v) is 1.99. The van der Waals surface area contributed by atoms with Crippen molar-refractivity contribution in [3.8, 4) is 5.75 Å². The lowest BCUT2D eigenvalue weighted by Crippen LogP contribution is -2.27. The summed E-state index contributed by atoms with van der Waals surface area (Å²) in [6.07, 6.45) is 0. The molecule has 18 heavy (non-hydrogen) atoms. The highest BCUT2D eigenvalue weighted by Gasteiger charge is 2.13. The number of nitrogens with two attached hydrogens (primary N) is 1. The van der Waals surface area contributed by atoms with Crippen molar-refractivity contribution in [3.63, 3.8) is 0 Å². The highest BCUT2D eigenvalue weighted by atomic mass is 79.9. The monoisotopic (exact) mass is 334 g/mol. The van der Waals surface area contributed by atoms with Crippen LogP contribution < -0.4 is 10.5 Å². The fraction of sp³-hybridized carbons (Fsp3) is 0.273. The van der Waals surface area contributed by atoms with Crippen LogP contribution in [0, 0.1) is 0 Å². The molecule has 2 amide bonds. The molecule has 0 aromatic heterocycles. The summed E-state index contributed by atoms with van der Waals surface area (Å²) in [5.41, 5.74) is 5.44. The zero-order valence-corrected chi connectivity index (χ0v) is 12.2. The number of halogens is 2. The summed E-state index contributed by atoms with van der Waals surface area (Å²) in [5, 5.41) is 0.290. The highest BCUT2D eigenvalue weighted by molar-refractivity contribution is 9.10. The van der Waals surface area contributed by atoms with Crippen LogP contribution in [0.5, 0.6) is 5.75 Å². The first-order valence-corrected chi connectivity index (χ1v) is 6.11. The summed E-state index contributed by atoms with van der Waals surface area (Å²) in [4.78, 5) is 23.9. The molecule has 1 aromatic carbocycles. The molecule has 0 fully saturated rings. The number of benzene rings is 1. The van der Waals surface area contributed by atoms with Crippen LogP contribution >= 0.6 is 27.5 Å². The van der Waals surface area contributed by atoms with Crippen LogP contribution in [-0.2, 0) is 4.79 Å². The predicted octanol–water partition coefficient (Wildman–Crippen LogP) is 1.67. The number of amides is 2. The van der Waals surface area contributed by atoms with Gasteiger partial charge in [-0.3, -0.25) is 9.59 Å². The predicted molar refractivity (Wildman–Crippen MR) is 71.9 cm³/mol. The van der Waals surface area contributed by atoms with E-state index in [1.807, 2.05) is 0 Å². The largest absolute Gasteiger partial charge is 0.482 e. The maximum atomic E-state index is 11.4. The maximum Gasteiger partial charge on any atom is 0.259 e. The van der Waals surface area contributed by atoms with Crippen LogP contribution in [0.1, 0.15) is 10.4 Å². The number of hydrogen-bond acceptors (Lipinski definition) is 3. The minimum absolute atomic E-state index is 0.160. The van der Waals surface area contributed by atoms with Crippen LogP contribution in [0.4, 0.5) is 0 Å². The van der Waals surface area contributed by atoms with Gasteiger partial charge in [0, 0.05) is 18.6 Å². The van der Waals surface area contributed by atoms with Crippen molar-refractivity contribution < 1.29 is 14.3 Å². The molecule has 0 spiro atoms. The Morgan fingerprint density at radius 3 is 2.56 bits per heavy atom. The van der Waals surface area contributed by atoms with Crippen molar-refractivity contribution in [2.24, 2.45) is 5.73 Å². The van der Waals surface area contributed by atoms with E-state index >= 15 is 0 Å². The van der Waals surface area contributed by atoms with Gasteiger partial charge in [-0.25, -0.2) is 0 Å². The fourth-order valence-electron chi connectivity index (χ4n) is 1.10. The first-order chi connectivity index (χ1) is 8.32. The van der Waals surface area contributed by atoms with Gasteiger partial charge < -0.3 is 15.4 Å². The number of carbonyl (C=O) groups is 2. The minimum atomic E-state index is -0.609. The van der Waals surface area contributed by atoms with E-state index in [9.17, 15) is 9.59 Å². The SMILES string of the molecule is CN(C)C(=O)COc1cc(C(N)=O)c(Br)cc1Cl. The second kappa shape index (κ2) is 6.06. The van der Waals surface area contributed by atoms with E-state index in [0.29, 0.717) is 9.50 Å². The molecule has 0 unspecified atom stereocenters. The number of nitrogens with zero attached hydrogens (tertiary/aromatic N) is 1.